The number of aliphatic carboxylic acids is 1. The number of hydrogen-bond donors (Lipinski definition) is 2. The van der Waals surface area contributed by atoms with Crippen LogP contribution < -0.4 is 10.1 Å². The molecule has 1 fully saturated rings. The van der Waals surface area contributed by atoms with E-state index >= 15 is 0 Å². The number of nitrogens with one attached hydrogen (secondary N) is 1. The number of amides is 1. The second kappa shape index (κ2) is 11.0. The van der Waals surface area contributed by atoms with Crippen molar-refractivity contribution in [2.45, 2.75) is 44.6 Å². The van der Waals surface area contributed by atoms with Crippen LogP contribution in [0.25, 0.3) is 10.1 Å². The first-order valence-corrected chi connectivity index (χ1v) is 12.6. The number of hydrogen-bond acceptors (Lipinski definition) is 5. The summed E-state index contributed by atoms with van der Waals surface area (Å²) >= 11 is 7.54. The van der Waals surface area contributed by atoms with Crippen LogP contribution in [0, 0.1) is 5.92 Å². The molecule has 0 spiro atoms. The van der Waals surface area contributed by atoms with Gasteiger partial charge in [-0.1, -0.05) is 23.7 Å². The van der Waals surface area contributed by atoms with Crippen molar-refractivity contribution in [2.24, 2.45) is 5.92 Å². The number of carboxylic acids is 1. The molecule has 0 aliphatic heterocycles. The average Bonchev–Trinajstić information content (AvgIpc) is 3.28. The maximum Gasteiger partial charge on any atom is 0.306 e. The largest absolute Gasteiger partial charge is 0.490 e. The highest BCUT2D eigenvalue weighted by Gasteiger charge is 2.26. The Morgan fingerprint density at radius 1 is 1.06 bits per heavy atom. The van der Waals surface area contributed by atoms with Gasteiger partial charge in [-0.15, -0.1) is 11.3 Å². The number of ketones is 1. The first kappa shape index (κ1) is 24.2. The fraction of sp³-hybridized carbons (Fsp3) is 0.346. The number of thiophene rings is 1. The predicted octanol–water partition coefficient (Wildman–Crippen LogP) is 5.97. The minimum Gasteiger partial charge on any atom is -0.490 e. The van der Waals surface area contributed by atoms with Crippen LogP contribution in [0.3, 0.4) is 0 Å². The van der Waals surface area contributed by atoms with Gasteiger partial charge in [-0.3, -0.25) is 14.4 Å². The van der Waals surface area contributed by atoms with Gasteiger partial charge >= 0.3 is 5.97 Å². The first-order valence-electron chi connectivity index (χ1n) is 11.4. The lowest BCUT2D eigenvalue weighted by molar-refractivity contribution is -0.143. The summed E-state index contributed by atoms with van der Waals surface area (Å²) in [5, 5.41) is 13.5. The Bertz CT molecular complexity index is 1180. The van der Waals surface area contributed by atoms with Crippen molar-refractivity contribution in [1.82, 2.24) is 5.32 Å². The van der Waals surface area contributed by atoms with Gasteiger partial charge in [-0.25, -0.2) is 0 Å². The van der Waals surface area contributed by atoms with Gasteiger partial charge in [0.15, 0.2) is 5.78 Å². The van der Waals surface area contributed by atoms with E-state index in [1.807, 2.05) is 18.2 Å². The SMILES string of the molecule is O=C(CCCNC(=O)c1cc2cccc(Cl)c2s1)c1ccc(OC2CCC(C(=O)O)CC2)cc1. The van der Waals surface area contributed by atoms with Gasteiger partial charge < -0.3 is 15.2 Å². The van der Waals surface area contributed by atoms with Gasteiger partial charge in [0.2, 0.25) is 0 Å². The van der Waals surface area contributed by atoms with Gasteiger partial charge in [-0.05, 0) is 73.9 Å². The molecule has 1 saturated carbocycles. The van der Waals surface area contributed by atoms with E-state index in [0.29, 0.717) is 53.4 Å². The van der Waals surface area contributed by atoms with Crippen molar-refractivity contribution in [3.05, 3.63) is 64.0 Å². The van der Waals surface area contributed by atoms with E-state index in [9.17, 15) is 14.4 Å². The monoisotopic (exact) mass is 499 g/mol. The molecular weight excluding hydrogens is 474 g/mol. The lowest BCUT2D eigenvalue weighted by atomic mass is 9.87. The maximum atomic E-state index is 12.5. The molecule has 2 N–H and O–H groups in total. The highest BCUT2D eigenvalue weighted by atomic mass is 35.5. The van der Waals surface area contributed by atoms with E-state index in [1.165, 1.54) is 11.3 Å². The van der Waals surface area contributed by atoms with Gasteiger partial charge in [0, 0.05) is 18.5 Å². The van der Waals surface area contributed by atoms with Crippen LogP contribution in [0.2, 0.25) is 5.02 Å². The molecule has 1 heterocycles. The first-order chi connectivity index (χ1) is 16.4. The Balaban J connectivity index is 1.20. The van der Waals surface area contributed by atoms with E-state index in [2.05, 4.69) is 5.32 Å². The van der Waals surface area contributed by atoms with Gasteiger partial charge in [0.05, 0.1) is 26.6 Å². The number of carbonyl (C=O) groups is 3. The van der Waals surface area contributed by atoms with E-state index in [-0.39, 0.29) is 23.7 Å². The molecule has 0 radical (unpaired) electrons. The maximum absolute atomic E-state index is 12.5. The highest BCUT2D eigenvalue weighted by Crippen LogP contribution is 2.31. The second-order valence-corrected chi connectivity index (χ2v) is 9.96. The quantitative estimate of drug-likeness (QED) is 0.279. The molecule has 1 aromatic heterocycles. The zero-order chi connectivity index (χ0) is 24.1. The molecule has 8 heteroatoms. The molecule has 3 aromatic rings. The number of carboxylic acid groups (broad SMARTS) is 1. The molecule has 178 valence electrons. The predicted molar refractivity (Wildman–Crippen MR) is 133 cm³/mol. The summed E-state index contributed by atoms with van der Waals surface area (Å²) in [6, 6.07) is 14.5. The highest BCUT2D eigenvalue weighted by molar-refractivity contribution is 7.21. The minimum absolute atomic E-state index is 0.0106. The topological polar surface area (TPSA) is 92.7 Å². The van der Waals surface area contributed by atoms with Crippen molar-refractivity contribution in [3.8, 4) is 5.75 Å². The molecule has 34 heavy (non-hydrogen) atoms. The van der Waals surface area contributed by atoms with Crippen LogP contribution in [0.5, 0.6) is 5.75 Å². The van der Waals surface area contributed by atoms with Crippen molar-refractivity contribution >= 4 is 50.7 Å². The Morgan fingerprint density at radius 3 is 2.47 bits per heavy atom. The van der Waals surface area contributed by atoms with Crippen LogP contribution >= 0.6 is 22.9 Å². The molecule has 0 saturated heterocycles. The Hall–Kier alpha value is -2.90. The molecule has 1 amide bonds. The molecule has 6 nitrogen and oxygen atoms in total. The molecule has 0 unspecified atom stereocenters. The number of ether oxygens (including phenoxy) is 1. The summed E-state index contributed by atoms with van der Waals surface area (Å²) in [6.07, 6.45) is 3.58. The summed E-state index contributed by atoms with van der Waals surface area (Å²) in [4.78, 5) is 36.6. The number of Topliss-reactive ketones (excluding diaryl/α,β-unsaturated/α-hetero) is 1. The third-order valence-corrected chi connectivity index (χ3v) is 7.70. The Morgan fingerprint density at radius 2 is 1.79 bits per heavy atom. The lowest BCUT2D eigenvalue weighted by Gasteiger charge is -2.26. The van der Waals surface area contributed by atoms with E-state index in [1.54, 1.807) is 30.3 Å². The van der Waals surface area contributed by atoms with E-state index in [0.717, 1.165) is 22.9 Å². The third kappa shape index (κ3) is 5.96. The minimum atomic E-state index is -0.731. The number of fused-ring (bicyclic) bond motifs is 1. The Labute approximate surface area is 206 Å². The van der Waals surface area contributed by atoms with Crippen LogP contribution in [0.4, 0.5) is 0 Å². The van der Waals surface area contributed by atoms with Crippen LogP contribution in [0.1, 0.15) is 58.6 Å². The van der Waals surface area contributed by atoms with Crippen molar-refractivity contribution in [3.63, 3.8) is 0 Å². The van der Waals surface area contributed by atoms with Gasteiger partial charge in [0.25, 0.3) is 5.91 Å². The van der Waals surface area contributed by atoms with Crippen molar-refractivity contribution in [1.29, 1.82) is 0 Å². The summed E-state index contributed by atoms with van der Waals surface area (Å²) in [5.74, 6) is -0.468. The van der Waals surface area contributed by atoms with Crippen molar-refractivity contribution < 1.29 is 24.2 Å². The van der Waals surface area contributed by atoms with E-state index in [4.69, 9.17) is 21.4 Å². The smallest absolute Gasteiger partial charge is 0.306 e. The van der Waals surface area contributed by atoms with Crippen LogP contribution in [0.15, 0.2) is 48.5 Å². The lowest BCUT2D eigenvalue weighted by Crippen LogP contribution is -2.27. The number of rotatable bonds is 9. The summed E-state index contributed by atoms with van der Waals surface area (Å²) in [5.41, 5.74) is 0.604. The Kier molecular flexibility index (Phi) is 7.85. The fourth-order valence-electron chi connectivity index (χ4n) is 4.16. The van der Waals surface area contributed by atoms with Crippen LogP contribution in [-0.4, -0.2) is 35.4 Å². The summed E-state index contributed by atoms with van der Waals surface area (Å²) in [6.45, 7) is 0.409. The zero-order valence-corrected chi connectivity index (χ0v) is 20.2. The fourth-order valence-corrected chi connectivity index (χ4v) is 5.44. The van der Waals surface area contributed by atoms with Gasteiger partial charge in [-0.2, -0.15) is 0 Å². The molecular formula is C26H26ClNO5S. The molecule has 1 aliphatic carbocycles. The van der Waals surface area contributed by atoms with Gasteiger partial charge in [0.1, 0.15) is 5.75 Å². The zero-order valence-electron chi connectivity index (χ0n) is 18.6. The normalized spacial score (nSPS) is 17.9. The average molecular weight is 500 g/mol. The molecule has 2 aromatic carbocycles. The van der Waals surface area contributed by atoms with Crippen LogP contribution in [-0.2, 0) is 4.79 Å². The van der Waals surface area contributed by atoms with E-state index < -0.39 is 5.97 Å². The molecule has 0 bridgehead atoms. The summed E-state index contributed by atoms with van der Waals surface area (Å²) < 4.78 is 6.85. The standard InChI is InChI=1S/C26H26ClNO5S/c27-21-4-1-3-18-15-23(34-24(18)21)25(30)28-14-2-5-22(29)16-6-10-19(11-7-16)33-20-12-8-17(9-13-20)26(31)32/h1,3-4,6-7,10-11,15,17,20H,2,5,8-9,12-14H2,(H,28,30)(H,31,32). The van der Waals surface area contributed by atoms with Crippen molar-refractivity contribution in [2.75, 3.05) is 6.54 Å². The third-order valence-electron chi connectivity index (χ3n) is 6.09. The molecule has 0 atom stereocenters. The summed E-state index contributed by atoms with van der Waals surface area (Å²) in [7, 11) is 0. The number of carbonyl (C=O) groups excluding carboxylic acids is 2. The second-order valence-electron chi connectivity index (χ2n) is 8.51. The number of halogens is 1. The molecule has 4 rings (SSSR count). The molecule has 1 aliphatic rings. The number of benzene rings is 2.